The molecule has 1 fully saturated rings. The summed E-state index contributed by atoms with van der Waals surface area (Å²) in [5.41, 5.74) is 5.93. The van der Waals surface area contributed by atoms with Crippen LogP contribution in [-0.2, 0) is 10.0 Å². The summed E-state index contributed by atoms with van der Waals surface area (Å²) in [7, 11) is -3.74. The zero-order valence-corrected chi connectivity index (χ0v) is 13.5. The fraction of sp³-hybridized carbons (Fsp3) is 0.538. The molecule has 1 aliphatic rings. The van der Waals surface area contributed by atoms with E-state index in [9.17, 15) is 8.42 Å². The predicted molar refractivity (Wildman–Crippen MR) is 82.6 cm³/mol. The van der Waals surface area contributed by atoms with Crippen LogP contribution in [0.2, 0.25) is 10.0 Å². The number of rotatable bonds is 6. The summed E-state index contributed by atoms with van der Waals surface area (Å²) in [6.07, 6.45) is 3.96. The quantitative estimate of drug-likeness (QED) is 0.781. The van der Waals surface area contributed by atoms with Gasteiger partial charge in [-0.05, 0) is 30.9 Å². The van der Waals surface area contributed by atoms with Gasteiger partial charge in [0, 0.05) is 11.7 Å². The first-order valence-corrected chi connectivity index (χ1v) is 8.84. The Bertz CT molecular complexity index is 577. The molecule has 1 saturated carbocycles. The highest BCUT2D eigenvalue weighted by Crippen LogP contribution is 2.35. The lowest BCUT2D eigenvalue weighted by atomic mass is 10.1. The van der Waals surface area contributed by atoms with Crippen LogP contribution in [0.3, 0.4) is 0 Å². The molecule has 0 aromatic heterocycles. The summed E-state index contributed by atoms with van der Waals surface area (Å²) >= 11 is 12.0. The van der Waals surface area contributed by atoms with Gasteiger partial charge >= 0.3 is 0 Å². The van der Waals surface area contributed by atoms with Crippen molar-refractivity contribution >= 4 is 38.9 Å². The highest BCUT2D eigenvalue weighted by atomic mass is 35.5. The van der Waals surface area contributed by atoms with E-state index < -0.39 is 10.0 Å². The van der Waals surface area contributed by atoms with E-state index in [1.165, 1.54) is 25.0 Å². The topological polar surface area (TPSA) is 72.2 Å². The van der Waals surface area contributed by atoms with Gasteiger partial charge in [-0.3, -0.25) is 0 Å². The van der Waals surface area contributed by atoms with E-state index in [4.69, 9.17) is 28.9 Å². The zero-order chi connectivity index (χ0) is 14.9. The van der Waals surface area contributed by atoms with E-state index in [0.717, 1.165) is 12.8 Å². The van der Waals surface area contributed by atoms with Crippen molar-refractivity contribution in [3.8, 4) is 0 Å². The number of nitrogens with two attached hydrogens (primary N) is 1. The summed E-state index contributed by atoms with van der Waals surface area (Å²) in [4.78, 5) is -0.0933. The maximum atomic E-state index is 12.4. The zero-order valence-electron chi connectivity index (χ0n) is 11.2. The molecule has 7 heteroatoms. The van der Waals surface area contributed by atoms with Gasteiger partial charge in [-0.2, -0.15) is 0 Å². The van der Waals surface area contributed by atoms with Crippen molar-refractivity contribution < 1.29 is 8.42 Å². The van der Waals surface area contributed by atoms with Gasteiger partial charge in [-0.1, -0.05) is 43.0 Å². The van der Waals surface area contributed by atoms with Crippen LogP contribution in [0.25, 0.3) is 0 Å². The molecule has 1 aromatic rings. The molecule has 3 N–H and O–H groups in total. The SMILES string of the molecule is CCC(CC1CC1)NS(=O)(=O)c1c(Cl)cc(N)cc1Cl. The van der Waals surface area contributed by atoms with Crippen LogP contribution in [0, 0.1) is 5.92 Å². The molecule has 2 rings (SSSR count). The third kappa shape index (κ3) is 3.79. The molecule has 4 nitrogen and oxygen atoms in total. The summed E-state index contributed by atoms with van der Waals surface area (Å²) in [6, 6.07) is 2.70. The maximum Gasteiger partial charge on any atom is 0.243 e. The van der Waals surface area contributed by atoms with Gasteiger partial charge in [0.05, 0.1) is 10.0 Å². The van der Waals surface area contributed by atoms with Crippen molar-refractivity contribution in [3.63, 3.8) is 0 Å². The molecule has 0 saturated heterocycles. The molecule has 0 aliphatic heterocycles. The molecule has 1 atom stereocenters. The van der Waals surface area contributed by atoms with Gasteiger partial charge in [0.15, 0.2) is 0 Å². The highest BCUT2D eigenvalue weighted by Gasteiger charge is 2.29. The Balaban J connectivity index is 2.25. The van der Waals surface area contributed by atoms with Crippen LogP contribution in [-0.4, -0.2) is 14.5 Å². The average molecular weight is 337 g/mol. The first-order valence-electron chi connectivity index (χ1n) is 6.60. The van der Waals surface area contributed by atoms with Gasteiger partial charge in [0.2, 0.25) is 10.0 Å². The van der Waals surface area contributed by atoms with Crippen molar-refractivity contribution in [2.75, 3.05) is 5.73 Å². The highest BCUT2D eigenvalue weighted by molar-refractivity contribution is 7.89. The van der Waals surface area contributed by atoms with Gasteiger partial charge in [-0.15, -0.1) is 0 Å². The molecular formula is C13H18Cl2N2O2S. The Morgan fingerprint density at radius 1 is 1.35 bits per heavy atom. The lowest BCUT2D eigenvalue weighted by Gasteiger charge is -2.18. The Kier molecular flexibility index (Phi) is 4.84. The van der Waals surface area contributed by atoms with Crippen LogP contribution in [0.4, 0.5) is 5.69 Å². The smallest absolute Gasteiger partial charge is 0.243 e. The summed E-state index contributed by atoms with van der Waals surface area (Å²) < 4.78 is 27.6. The largest absolute Gasteiger partial charge is 0.399 e. The average Bonchev–Trinajstić information content (AvgIpc) is 3.09. The van der Waals surface area contributed by atoms with E-state index >= 15 is 0 Å². The molecule has 20 heavy (non-hydrogen) atoms. The van der Waals surface area contributed by atoms with E-state index in [1.54, 1.807) is 0 Å². The normalized spacial score (nSPS) is 17.1. The van der Waals surface area contributed by atoms with E-state index in [0.29, 0.717) is 11.6 Å². The van der Waals surface area contributed by atoms with Crippen molar-refractivity contribution in [1.29, 1.82) is 0 Å². The molecule has 1 unspecified atom stereocenters. The Morgan fingerprint density at radius 3 is 2.35 bits per heavy atom. The minimum atomic E-state index is -3.74. The van der Waals surface area contributed by atoms with Crippen LogP contribution in [0.15, 0.2) is 17.0 Å². The van der Waals surface area contributed by atoms with Crippen molar-refractivity contribution in [2.24, 2.45) is 5.92 Å². The fourth-order valence-corrected chi connectivity index (χ4v) is 4.73. The minimum Gasteiger partial charge on any atom is -0.399 e. The second-order valence-electron chi connectivity index (χ2n) is 5.22. The molecule has 112 valence electrons. The van der Waals surface area contributed by atoms with Gasteiger partial charge in [-0.25, -0.2) is 13.1 Å². The minimum absolute atomic E-state index is 0.0452. The number of benzene rings is 1. The van der Waals surface area contributed by atoms with Crippen LogP contribution >= 0.6 is 23.2 Å². The van der Waals surface area contributed by atoms with Gasteiger partial charge in [0.1, 0.15) is 4.90 Å². The van der Waals surface area contributed by atoms with E-state index in [1.807, 2.05) is 6.92 Å². The monoisotopic (exact) mass is 336 g/mol. The summed E-state index contributed by atoms with van der Waals surface area (Å²) in [6.45, 7) is 1.96. The van der Waals surface area contributed by atoms with Gasteiger partial charge in [0.25, 0.3) is 0 Å². The third-order valence-corrected chi connectivity index (χ3v) is 5.86. The molecule has 1 aromatic carbocycles. The Morgan fingerprint density at radius 2 is 1.90 bits per heavy atom. The van der Waals surface area contributed by atoms with Crippen LogP contribution in [0.1, 0.15) is 32.6 Å². The Labute approximate surface area is 129 Å². The first kappa shape index (κ1) is 15.9. The lowest BCUT2D eigenvalue weighted by Crippen LogP contribution is -2.35. The van der Waals surface area contributed by atoms with E-state index in [2.05, 4.69) is 4.72 Å². The molecular weight excluding hydrogens is 319 g/mol. The van der Waals surface area contributed by atoms with Gasteiger partial charge < -0.3 is 5.73 Å². The number of hydrogen-bond donors (Lipinski definition) is 2. The lowest BCUT2D eigenvalue weighted by molar-refractivity contribution is 0.495. The third-order valence-electron chi connectivity index (χ3n) is 3.42. The number of sulfonamides is 1. The summed E-state index contributed by atoms with van der Waals surface area (Å²) in [5.74, 6) is 0.639. The second-order valence-corrected chi connectivity index (χ2v) is 7.68. The number of hydrogen-bond acceptors (Lipinski definition) is 3. The number of anilines is 1. The number of nitrogens with one attached hydrogen (secondary N) is 1. The molecule has 1 aliphatic carbocycles. The number of nitrogen functional groups attached to an aromatic ring is 1. The first-order chi connectivity index (χ1) is 9.33. The van der Waals surface area contributed by atoms with Crippen LogP contribution in [0.5, 0.6) is 0 Å². The number of halogens is 2. The molecule has 0 heterocycles. The molecule has 0 bridgehead atoms. The maximum absolute atomic E-state index is 12.4. The van der Waals surface area contributed by atoms with Crippen molar-refractivity contribution in [1.82, 2.24) is 4.72 Å². The summed E-state index contributed by atoms with van der Waals surface area (Å²) in [5, 5.41) is 0.0903. The van der Waals surface area contributed by atoms with E-state index in [-0.39, 0.29) is 21.0 Å². The standard InChI is InChI=1S/C13H18Cl2N2O2S/c1-2-10(5-8-3-4-8)17-20(18,19)13-11(14)6-9(16)7-12(13)15/h6-8,10,17H,2-5,16H2,1H3. The fourth-order valence-electron chi connectivity index (χ4n) is 2.17. The second kappa shape index (κ2) is 6.10. The molecule has 0 radical (unpaired) electrons. The van der Waals surface area contributed by atoms with Crippen molar-refractivity contribution in [2.45, 2.75) is 43.5 Å². The molecule has 0 spiro atoms. The predicted octanol–water partition coefficient (Wildman–Crippen LogP) is 3.43. The van der Waals surface area contributed by atoms with Crippen molar-refractivity contribution in [3.05, 3.63) is 22.2 Å². The molecule has 0 amide bonds. The Hall–Kier alpha value is -0.490. The van der Waals surface area contributed by atoms with Crippen LogP contribution < -0.4 is 10.5 Å².